The molecule has 0 atom stereocenters. The molecule has 0 saturated carbocycles. The molecule has 2 heterocycles. The van der Waals surface area contributed by atoms with Crippen molar-refractivity contribution in [1.82, 2.24) is 4.37 Å². The Bertz CT molecular complexity index is 512. The van der Waals surface area contributed by atoms with Gasteiger partial charge in [0.1, 0.15) is 4.34 Å². The standard InChI is InChI=1S/C10H6ClNO2S/c11-10-4-7(12-15-10)6-1-2-8-9(3-6)14-5-13-8/h1-4H,5H2. The fourth-order valence-corrected chi connectivity index (χ4v) is 2.16. The predicted octanol–water partition coefficient (Wildman–Crippen LogP) is 3.19. The second-order valence-electron chi connectivity index (χ2n) is 3.08. The summed E-state index contributed by atoms with van der Waals surface area (Å²) in [5.74, 6) is 1.54. The summed E-state index contributed by atoms with van der Waals surface area (Å²) in [6.45, 7) is 0.288. The van der Waals surface area contributed by atoms with Crippen LogP contribution in [0, 0.1) is 0 Å². The Hall–Kier alpha value is -1.26. The number of ether oxygens (including phenoxy) is 2. The third kappa shape index (κ3) is 1.56. The fraction of sp³-hybridized carbons (Fsp3) is 0.100. The second kappa shape index (κ2) is 3.40. The second-order valence-corrected chi connectivity index (χ2v) is 4.52. The average molecular weight is 240 g/mol. The van der Waals surface area contributed by atoms with Crippen molar-refractivity contribution in [3.8, 4) is 22.8 Å². The molecule has 2 aromatic rings. The summed E-state index contributed by atoms with van der Waals surface area (Å²) >= 11 is 7.10. The third-order valence-electron chi connectivity index (χ3n) is 2.15. The van der Waals surface area contributed by atoms with Gasteiger partial charge in [-0.2, -0.15) is 4.37 Å². The summed E-state index contributed by atoms with van der Waals surface area (Å²) in [5, 5.41) is 0. The molecule has 76 valence electrons. The maximum Gasteiger partial charge on any atom is 0.231 e. The van der Waals surface area contributed by atoms with Gasteiger partial charge in [0.15, 0.2) is 11.5 Å². The van der Waals surface area contributed by atoms with E-state index in [1.165, 1.54) is 11.5 Å². The van der Waals surface area contributed by atoms with E-state index in [2.05, 4.69) is 4.37 Å². The van der Waals surface area contributed by atoms with Gasteiger partial charge >= 0.3 is 0 Å². The van der Waals surface area contributed by atoms with Crippen molar-refractivity contribution >= 4 is 23.1 Å². The van der Waals surface area contributed by atoms with Crippen LogP contribution in [0.2, 0.25) is 4.34 Å². The lowest BCUT2D eigenvalue weighted by atomic mass is 10.1. The van der Waals surface area contributed by atoms with E-state index in [0.717, 1.165) is 22.8 Å². The minimum atomic E-state index is 0.288. The molecule has 0 amide bonds. The van der Waals surface area contributed by atoms with Gasteiger partial charge in [0, 0.05) is 5.56 Å². The van der Waals surface area contributed by atoms with Crippen molar-refractivity contribution in [3.63, 3.8) is 0 Å². The van der Waals surface area contributed by atoms with Crippen molar-refractivity contribution < 1.29 is 9.47 Å². The molecule has 5 heteroatoms. The van der Waals surface area contributed by atoms with Gasteiger partial charge in [0.2, 0.25) is 6.79 Å². The molecule has 15 heavy (non-hydrogen) atoms. The van der Waals surface area contributed by atoms with E-state index in [9.17, 15) is 0 Å². The van der Waals surface area contributed by atoms with Crippen LogP contribution in [0.1, 0.15) is 0 Å². The first-order chi connectivity index (χ1) is 7.33. The largest absolute Gasteiger partial charge is 0.454 e. The van der Waals surface area contributed by atoms with Crippen molar-refractivity contribution in [2.75, 3.05) is 6.79 Å². The normalized spacial score (nSPS) is 13.1. The number of hydrogen-bond donors (Lipinski definition) is 0. The molecule has 0 unspecified atom stereocenters. The Balaban J connectivity index is 2.06. The van der Waals surface area contributed by atoms with E-state index in [1.807, 2.05) is 24.3 Å². The lowest BCUT2D eigenvalue weighted by Crippen LogP contribution is -1.92. The maximum absolute atomic E-state index is 5.83. The summed E-state index contributed by atoms with van der Waals surface area (Å²) in [7, 11) is 0. The lowest BCUT2D eigenvalue weighted by molar-refractivity contribution is 0.174. The van der Waals surface area contributed by atoms with Crippen LogP contribution in [0.5, 0.6) is 11.5 Å². The number of hydrogen-bond acceptors (Lipinski definition) is 4. The number of halogens is 1. The van der Waals surface area contributed by atoms with Gasteiger partial charge in [0.05, 0.1) is 5.69 Å². The highest BCUT2D eigenvalue weighted by molar-refractivity contribution is 7.10. The van der Waals surface area contributed by atoms with Crippen LogP contribution >= 0.6 is 23.1 Å². The van der Waals surface area contributed by atoms with Crippen LogP contribution in [0.25, 0.3) is 11.3 Å². The molecule has 1 aliphatic rings. The smallest absolute Gasteiger partial charge is 0.231 e. The first-order valence-electron chi connectivity index (χ1n) is 4.35. The maximum atomic E-state index is 5.83. The van der Waals surface area contributed by atoms with Gasteiger partial charge in [-0.3, -0.25) is 0 Å². The van der Waals surface area contributed by atoms with Crippen LogP contribution in [-0.4, -0.2) is 11.2 Å². The van der Waals surface area contributed by atoms with Gasteiger partial charge in [-0.05, 0) is 35.8 Å². The highest BCUT2D eigenvalue weighted by Gasteiger charge is 2.14. The van der Waals surface area contributed by atoms with Crippen molar-refractivity contribution in [2.24, 2.45) is 0 Å². The van der Waals surface area contributed by atoms with Crippen molar-refractivity contribution in [1.29, 1.82) is 0 Å². The molecule has 3 nitrogen and oxygen atoms in total. The van der Waals surface area contributed by atoms with E-state index < -0.39 is 0 Å². The summed E-state index contributed by atoms with van der Waals surface area (Å²) in [4.78, 5) is 0. The monoisotopic (exact) mass is 239 g/mol. The van der Waals surface area contributed by atoms with E-state index in [0.29, 0.717) is 4.34 Å². The van der Waals surface area contributed by atoms with Gasteiger partial charge in [-0.1, -0.05) is 11.6 Å². The molecule has 1 aliphatic heterocycles. The molecule has 0 spiro atoms. The Labute approximate surface area is 95.4 Å². The molecular weight excluding hydrogens is 234 g/mol. The Morgan fingerprint density at radius 3 is 2.87 bits per heavy atom. The molecule has 3 rings (SSSR count). The van der Waals surface area contributed by atoms with Crippen LogP contribution in [0.3, 0.4) is 0 Å². The molecule has 0 radical (unpaired) electrons. The molecule has 0 bridgehead atoms. The Morgan fingerprint density at radius 1 is 1.20 bits per heavy atom. The highest BCUT2D eigenvalue weighted by Crippen LogP contribution is 2.36. The van der Waals surface area contributed by atoms with Crippen molar-refractivity contribution in [2.45, 2.75) is 0 Å². The highest BCUT2D eigenvalue weighted by atomic mass is 35.5. The summed E-state index contributed by atoms with van der Waals surface area (Å²) in [6, 6.07) is 7.57. The molecule has 0 saturated heterocycles. The van der Waals surface area contributed by atoms with Gasteiger partial charge in [-0.15, -0.1) is 0 Å². The number of nitrogens with zero attached hydrogens (tertiary/aromatic N) is 1. The molecule has 0 fully saturated rings. The molecule has 0 N–H and O–H groups in total. The van der Waals surface area contributed by atoms with Crippen LogP contribution in [0.4, 0.5) is 0 Å². The zero-order chi connectivity index (χ0) is 10.3. The number of aromatic nitrogens is 1. The summed E-state index contributed by atoms with van der Waals surface area (Å²) < 4.78 is 15.4. The fourth-order valence-electron chi connectivity index (χ4n) is 1.44. The average Bonchev–Trinajstić information content (AvgIpc) is 2.84. The van der Waals surface area contributed by atoms with Crippen LogP contribution in [-0.2, 0) is 0 Å². The van der Waals surface area contributed by atoms with Gasteiger partial charge < -0.3 is 9.47 Å². The molecule has 1 aromatic heterocycles. The first kappa shape index (κ1) is 9.00. The topological polar surface area (TPSA) is 31.4 Å². The summed E-state index contributed by atoms with van der Waals surface area (Å²) in [6.07, 6.45) is 0. The first-order valence-corrected chi connectivity index (χ1v) is 5.50. The Kier molecular flexibility index (Phi) is 2.04. The summed E-state index contributed by atoms with van der Waals surface area (Å²) in [5.41, 5.74) is 1.85. The quantitative estimate of drug-likeness (QED) is 0.766. The number of fused-ring (bicyclic) bond motifs is 1. The molecular formula is C10H6ClNO2S. The SMILES string of the molecule is Clc1cc(-c2ccc3c(c2)OCO3)ns1. The van der Waals surface area contributed by atoms with E-state index in [-0.39, 0.29) is 6.79 Å². The van der Waals surface area contributed by atoms with Crippen molar-refractivity contribution in [3.05, 3.63) is 28.6 Å². The van der Waals surface area contributed by atoms with E-state index >= 15 is 0 Å². The zero-order valence-electron chi connectivity index (χ0n) is 7.57. The van der Waals surface area contributed by atoms with E-state index in [4.69, 9.17) is 21.1 Å². The van der Waals surface area contributed by atoms with Gasteiger partial charge in [0.25, 0.3) is 0 Å². The number of benzene rings is 1. The minimum absolute atomic E-state index is 0.288. The minimum Gasteiger partial charge on any atom is -0.454 e. The van der Waals surface area contributed by atoms with Gasteiger partial charge in [-0.25, -0.2) is 0 Å². The number of rotatable bonds is 1. The van der Waals surface area contributed by atoms with Crippen LogP contribution < -0.4 is 9.47 Å². The third-order valence-corrected chi connectivity index (χ3v) is 3.05. The Morgan fingerprint density at radius 2 is 2.07 bits per heavy atom. The molecule has 0 aliphatic carbocycles. The predicted molar refractivity (Wildman–Crippen MR) is 58.7 cm³/mol. The van der Waals surface area contributed by atoms with E-state index in [1.54, 1.807) is 0 Å². The zero-order valence-corrected chi connectivity index (χ0v) is 9.14. The van der Waals surface area contributed by atoms with Crippen LogP contribution in [0.15, 0.2) is 24.3 Å². The molecule has 1 aromatic carbocycles. The lowest BCUT2D eigenvalue weighted by Gasteiger charge is -1.98.